The summed E-state index contributed by atoms with van der Waals surface area (Å²) in [5, 5.41) is 5.54. The van der Waals surface area contributed by atoms with Crippen molar-refractivity contribution >= 4 is 27.5 Å². The number of carbonyl (C=O) groups is 2. The highest BCUT2D eigenvalue weighted by Gasteiger charge is 2.27. The van der Waals surface area contributed by atoms with Crippen molar-refractivity contribution in [1.82, 2.24) is 14.5 Å². The van der Waals surface area contributed by atoms with Gasteiger partial charge in [-0.25, -0.2) is 8.42 Å². The van der Waals surface area contributed by atoms with Crippen molar-refractivity contribution in [2.75, 3.05) is 38.5 Å². The molecule has 1 aliphatic heterocycles. The Balaban J connectivity index is 1.94. The molecule has 0 saturated carbocycles. The number of likely N-dealkylation sites (N-methyl/N-ethyl adjacent to an activating group) is 1. The van der Waals surface area contributed by atoms with Gasteiger partial charge in [-0.05, 0) is 58.9 Å². The lowest BCUT2D eigenvalue weighted by Gasteiger charge is -2.23. The first kappa shape index (κ1) is 22.3. The van der Waals surface area contributed by atoms with Gasteiger partial charge < -0.3 is 10.6 Å². The summed E-state index contributed by atoms with van der Waals surface area (Å²) in [4.78, 5) is 26.0. The van der Waals surface area contributed by atoms with Crippen molar-refractivity contribution in [2.24, 2.45) is 0 Å². The zero-order chi connectivity index (χ0) is 20.9. The zero-order valence-electron chi connectivity index (χ0n) is 17.0. The number of nitrogens with one attached hydrogen (secondary N) is 2. The summed E-state index contributed by atoms with van der Waals surface area (Å²) in [6.07, 6.45) is 1.73. The molecule has 1 aromatic rings. The van der Waals surface area contributed by atoms with Crippen LogP contribution in [0.25, 0.3) is 0 Å². The first-order valence-electron chi connectivity index (χ1n) is 9.37. The first-order chi connectivity index (χ1) is 13.0. The molecule has 1 saturated heterocycles. The second kappa shape index (κ2) is 9.02. The quantitative estimate of drug-likeness (QED) is 0.705. The predicted octanol–water partition coefficient (Wildman–Crippen LogP) is 1.26. The Bertz CT molecular complexity index is 811. The minimum Gasteiger partial charge on any atom is -0.350 e. The summed E-state index contributed by atoms with van der Waals surface area (Å²) in [7, 11) is -1.86. The van der Waals surface area contributed by atoms with Gasteiger partial charge in [-0.3, -0.25) is 14.5 Å². The van der Waals surface area contributed by atoms with Crippen molar-refractivity contribution in [2.45, 2.75) is 44.0 Å². The fourth-order valence-electron chi connectivity index (χ4n) is 3.02. The normalized spacial score (nSPS) is 15.6. The van der Waals surface area contributed by atoms with Gasteiger partial charge in [-0.2, -0.15) is 4.31 Å². The summed E-state index contributed by atoms with van der Waals surface area (Å²) < 4.78 is 26.8. The van der Waals surface area contributed by atoms with E-state index in [9.17, 15) is 18.0 Å². The number of sulfonamides is 1. The van der Waals surface area contributed by atoms with Gasteiger partial charge in [0.2, 0.25) is 21.8 Å². The summed E-state index contributed by atoms with van der Waals surface area (Å²) in [6.45, 7) is 6.83. The van der Waals surface area contributed by atoms with Crippen LogP contribution in [0.4, 0.5) is 5.69 Å². The zero-order valence-corrected chi connectivity index (χ0v) is 17.8. The minimum absolute atomic E-state index is 0.0145. The molecule has 0 aliphatic carbocycles. The van der Waals surface area contributed by atoms with E-state index in [1.165, 1.54) is 16.4 Å². The number of amides is 2. The lowest BCUT2D eigenvalue weighted by Crippen LogP contribution is -2.46. The van der Waals surface area contributed by atoms with Gasteiger partial charge in [-0.1, -0.05) is 6.07 Å². The maximum Gasteiger partial charge on any atom is 0.243 e. The van der Waals surface area contributed by atoms with Gasteiger partial charge in [0.1, 0.15) is 0 Å². The van der Waals surface area contributed by atoms with Gasteiger partial charge in [0.05, 0.1) is 18.0 Å². The van der Waals surface area contributed by atoms with E-state index in [0.717, 1.165) is 12.8 Å². The van der Waals surface area contributed by atoms with Crippen molar-refractivity contribution in [3.05, 3.63) is 24.3 Å². The summed E-state index contributed by atoms with van der Waals surface area (Å²) in [5.74, 6) is -0.483. The molecule has 156 valence electrons. The van der Waals surface area contributed by atoms with Gasteiger partial charge in [-0.15, -0.1) is 0 Å². The third-order valence-corrected chi connectivity index (χ3v) is 6.06. The number of hydrogen-bond acceptors (Lipinski definition) is 5. The molecule has 8 nitrogen and oxygen atoms in total. The predicted molar refractivity (Wildman–Crippen MR) is 108 cm³/mol. The molecule has 2 rings (SSSR count). The Kier molecular flexibility index (Phi) is 7.19. The molecule has 1 aliphatic rings. The molecule has 2 N–H and O–H groups in total. The molecule has 0 aromatic heterocycles. The fraction of sp³-hybridized carbons (Fsp3) is 0.579. The van der Waals surface area contributed by atoms with E-state index < -0.39 is 10.0 Å². The Hall–Kier alpha value is -1.97. The third-order valence-electron chi connectivity index (χ3n) is 4.16. The maximum atomic E-state index is 12.6. The highest BCUT2D eigenvalue weighted by Crippen LogP contribution is 2.23. The van der Waals surface area contributed by atoms with Crippen LogP contribution in [0.3, 0.4) is 0 Å². The number of anilines is 1. The molecular weight excluding hydrogens is 380 g/mol. The van der Waals surface area contributed by atoms with Crippen molar-refractivity contribution in [3.8, 4) is 0 Å². The molecular formula is C19H30N4O4S. The van der Waals surface area contributed by atoms with E-state index in [1.807, 2.05) is 20.8 Å². The van der Waals surface area contributed by atoms with Crippen molar-refractivity contribution in [1.29, 1.82) is 0 Å². The smallest absolute Gasteiger partial charge is 0.243 e. The Morgan fingerprint density at radius 3 is 2.32 bits per heavy atom. The topological polar surface area (TPSA) is 98.8 Å². The van der Waals surface area contributed by atoms with Crippen molar-refractivity contribution in [3.63, 3.8) is 0 Å². The molecule has 1 heterocycles. The average Bonchev–Trinajstić information content (AvgIpc) is 3.07. The minimum atomic E-state index is -3.53. The molecule has 1 fully saturated rings. The van der Waals surface area contributed by atoms with Crippen LogP contribution in [0.5, 0.6) is 0 Å². The van der Waals surface area contributed by atoms with E-state index >= 15 is 0 Å². The van der Waals surface area contributed by atoms with Gasteiger partial charge in [0.25, 0.3) is 0 Å². The number of rotatable bonds is 7. The third kappa shape index (κ3) is 6.57. The standard InChI is InChI=1S/C19H30N4O4S/c1-19(2,3)21-18(25)14-22(4)13-17(24)20-15-8-7-9-16(12-15)28(26,27)23-10-5-6-11-23/h7-9,12H,5-6,10-11,13-14H2,1-4H3,(H,20,24)(H,21,25). The van der Waals surface area contributed by atoms with E-state index in [0.29, 0.717) is 18.8 Å². The largest absolute Gasteiger partial charge is 0.350 e. The number of carbonyl (C=O) groups excluding carboxylic acids is 2. The molecule has 9 heteroatoms. The fourth-order valence-corrected chi connectivity index (χ4v) is 4.58. The molecule has 2 amide bonds. The van der Waals surface area contributed by atoms with Crippen molar-refractivity contribution < 1.29 is 18.0 Å². The van der Waals surface area contributed by atoms with Gasteiger partial charge in [0.15, 0.2) is 0 Å². The Morgan fingerprint density at radius 2 is 1.71 bits per heavy atom. The van der Waals surface area contributed by atoms with Crippen LogP contribution in [0.15, 0.2) is 29.2 Å². The summed E-state index contributed by atoms with van der Waals surface area (Å²) >= 11 is 0. The number of nitrogens with zero attached hydrogens (tertiary/aromatic N) is 2. The van der Waals surface area contributed by atoms with Crippen LogP contribution in [0.2, 0.25) is 0 Å². The molecule has 0 unspecified atom stereocenters. The highest BCUT2D eigenvalue weighted by atomic mass is 32.2. The lowest BCUT2D eigenvalue weighted by atomic mass is 10.1. The van der Waals surface area contributed by atoms with Crippen LogP contribution in [-0.2, 0) is 19.6 Å². The van der Waals surface area contributed by atoms with E-state index in [-0.39, 0.29) is 35.3 Å². The van der Waals surface area contributed by atoms with Crippen LogP contribution >= 0.6 is 0 Å². The Morgan fingerprint density at radius 1 is 1.11 bits per heavy atom. The SMILES string of the molecule is CN(CC(=O)Nc1cccc(S(=O)(=O)N2CCCC2)c1)CC(=O)NC(C)(C)C. The van der Waals surface area contributed by atoms with Crippen LogP contribution in [0.1, 0.15) is 33.6 Å². The number of hydrogen-bond donors (Lipinski definition) is 2. The lowest BCUT2D eigenvalue weighted by molar-refractivity contribution is -0.124. The second-order valence-electron chi connectivity index (χ2n) is 8.16. The van der Waals surface area contributed by atoms with E-state index in [2.05, 4.69) is 10.6 Å². The molecule has 28 heavy (non-hydrogen) atoms. The summed E-state index contributed by atoms with van der Waals surface area (Å²) in [5.41, 5.74) is 0.0828. The second-order valence-corrected chi connectivity index (χ2v) is 10.1. The van der Waals surface area contributed by atoms with E-state index in [4.69, 9.17) is 0 Å². The molecule has 0 spiro atoms. The maximum absolute atomic E-state index is 12.6. The van der Waals surface area contributed by atoms with Crippen LogP contribution in [-0.4, -0.2) is 68.2 Å². The van der Waals surface area contributed by atoms with Gasteiger partial charge >= 0.3 is 0 Å². The first-order valence-corrected chi connectivity index (χ1v) is 10.8. The average molecular weight is 411 g/mol. The summed E-state index contributed by atoms with van der Waals surface area (Å²) in [6, 6.07) is 6.26. The molecule has 1 aromatic carbocycles. The van der Waals surface area contributed by atoms with E-state index in [1.54, 1.807) is 24.1 Å². The Labute approximate surface area is 167 Å². The number of benzene rings is 1. The molecule has 0 atom stereocenters. The molecule has 0 bridgehead atoms. The van der Waals surface area contributed by atoms with Crippen LogP contribution in [0, 0.1) is 0 Å². The highest BCUT2D eigenvalue weighted by molar-refractivity contribution is 7.89. The molecule has 0 radical (unpaired) electrons. The monoisotopic (exact) mass is 410 g/mol. The van der Waals surface area contributed by atoms with Gasteiger partial charge in [0, 0.05) is 24.3 Å². The van der Waals surface area contributed by atoms with Crippen LogP contribution < -0.4 is 10.6 Å².